The van der Waals surface area contributed by atoms with Gasteiger partial charge < -0.3 is 10.0 Å². The lowest BCUT2D eigenvalue weighted by Gasteiger charge is -2.35. The summed E-state index contributed by atoms with van der Waals surface area (Å²) in [7, 11) is 4.22. The highest BCUT2D eigenvalue weighted by Crippen LogP contribution is 2.14. The van der Waals surface area contributed by atoms with Crippen LogP contribution in [0.1, 0.15) is 19.8 Å². The van der Waals surface area contributed by atoms with Crippen LogP contribution in [0.3, 0.4) is 0 Å². The standard InChI is InChI=1S/C12H22N2O2/c1-10(8-12(15)16)9-14(3)11-4-6-13(2)7-5-11/h8,11H,4-7,9H2,1-3H3,(H,15,16). The maximum Gasteiger partial charge on any atom is 0.328 e. The maximum atomic E-state index is 10.5. The van der Waals surface area contributed by atoms with Crippen molar-refractivity contribution in [2.24, 2.45) is 0 Å². The minimum atomic E-state index is -0.853. The zero-order valence-corrected chi connectivity index (χ0v) is 10.4. The Balaban J connectivity index is 2.40. The van der Waals surface area contributed by atoms with Crippen LogP contribution in [-0.2, 0) is 4.79 Å². The Kier molecular flexibility index (Phi) is 4.96. The van der Waals surface area contributed by atoms with E-state index in [4.69, 9.17) is 5.11 Å². The molecule has 1 aliphatic rings. The molecule has 0 unspecified atom stereocenters. The highest BCUT2D eigenvalue weighted by Gasteiger charge is 2.20. The fourth-order valence-electron chi connectivity index (χ4n) is 2.21. The molecule has 92 valence electrons. The average molecular weight is 226 g/mol. The molecular weight excluding hydrogens is 204 g/mol. The van der Waals surface area contributed by atoms with E-state index in [-0.39, 0.29) is 0 Å². The lowest BCUT2D eigenvalue weighted by molar-refractivity contribution is -0.131. The van der Waals surface area contributed by atoms with Crippen LogP contribution >= 0.6 is 0 Å². The van der Waals surface area contributed by atoms with Crippen LogP contribution < -0.4 is 0 Å². The minimum absolute atomic E-state index is 0.591. The molecule has 1 aliphatic heterocycles. The molecule has 0 spiro atoms. The van der Waals surface area contributed by atoms with Gasteiger partial charge in [-0.15, -0.1) is 0 Å². The first-order valence-corrected chi connectivity index (χ1v) is 5.78. The number of carboxylic acid groups (broad SMARTS) is 1. The molecule has 1 N–H and O–H groups in total. The molecule has 0 aliphatic carbocycles. The Labute approximate surface area is 97.5 Å². The van der Waals surface area contributed by atoms with Gasteiger partial charge in [0.25, 0.3) is 0 Å². The minimum Gasteiger partial charge on any atom is -0.478 e. The first-order valence-electron chi connectivity index (χ1n) is 5.78. The largest absolute Gasteiger partial charge is 0.478 e. The van der Waals surface area contributed by atoms with Gasteiger partial charge in [-0.25, -0.2) is 4.79 Å². The molecule has 0 aromatic rings. The third kappa shape index (κ3) is 4.33. The molecule has 0 saturated carbocycles. The van der Waals surface area contributed by atoms with Crippen molar-refractivity contribution >= 4 is 5.97 Å². The van der Waals surface area contributed by atoms with E-state index in [1.165, 1.54) is 18.9 Å². The summed E-state index contributed by atoms with van der Waals surface area (Å²) in [4.78, 5) is 15.1. The van der Waals surface area contributed by atoms with Gasteiger partial charge in [-0.05, 0) is 47.0 Å². The number of hydrogen-bond donors (Lipinski definition) is 1. The summed E-state index contributed by atoms with van der Waals surface area (Å²) in [5, 5.41) is 8.64. The van der Waals surface area contributed by atoms with E-state index in [1.807, 2.05) is 6.92 Å². The van der Waals surface area contributed by atoms with Gasteiger partial charge in [-0.3, -0.25) is 4.90 Å². The number of nitrogens with zero attached hydrogens (tertiary/aromatic N) is 2. The van der Waals surface area contributed by atoms with E-state index in [1.54, 1.807) is 0 Å². The lowest BCUT2D eigenvalue weighted by Crippen LogP contribution is -2.42. The molecular formula is C12H22N2O2. The molecule has 0 radical (unpaired) electrons. The SMILES string of the molecule is CC(=CC(=O)O)CN(C)C1CCN(C)CC1. The van der Waals surface area contributed by atoms with Crippen LogP contribution in [0.25, 0.3) is 0 Å². The molecule has 0 bridgehead atoms. The van der Waals surface area contributed by atoms with E-state index in [0.717, 1.165) is 25.2 Å². The van der Waals surface area contributed by atoms with Gasteiger partial charge in [0.1, 0.15) is 0 Å². The number of carbonyl (C=O) groups is 1. The summed E-state index contributed by atoms with van der Waals surface area (Å²) in [6, 6.07) is 0.591. The topological polar surface area (TPSA) is 43.8 Å². The van der Waals surface area contributed by atoms with Crippen molar-refractivity contribution in [3.63, 3.8) is 0 Å². The number of aliphatic carboxylic acids is 1. The van der Waals surface area contributed by atoms with Gasteiger partial charge in [0.05, 0.1) is 0 Å². The summed E-state index contributed by atoms with van der Waals surface area (Å²) >= 11 is 0. The Morgan fingerprint density at radius 2 is 2.06 bits per heavy atom. The monoisotopic (exact) mass is 226 g/mol. The number of rotatable bonds is 4. The first kappa shape index (κ1) is 13.2. The molecule has 4 heteroatoms. The smallest absolute Gasteiger partial charge is 0.328 e. The Hall–Kier alpha value is -0.870. The van der Waals surface area contributed by atoms with Crippen molar-refractivity contribution in [2.45, 2.75) is 25.8 Å². The van der Waals surface area contributed by atoms with Crippen molar-refractivity contribution in [3.8, 4) is 0 Å². The van der Waals surface area contributed by atoms with Gasteiger partial charge >= 0.3 is 5.97 Å². The van der Waals surface area contributed by atoms with Crippen molar-refractivity contribution in [1.29, 1.82) is 0 Å². The summed E-state index contributed by atoms with van der Waals surface area (Å²) < 4.78 is 0. The fraction of sp³-hybridized carbons (Fsp3) is 0.750. The lowest BCUT2D eigenvalue weighted by atomic mass is 10.0. The van der Waals surface area contributed by atoms with Gasteiger partial charge in [-0.1, -0.05) is 5.57 Å². The van der Waals surface area contributed by atoms with Crippen LogP contribution in [-0.4, -0.2) is 60.6 Å². The molecule has 1 rings (SSSR count). The number of carboxylic acids is 1. The van der Waals surface area contributed by atoms with E-state index < -0.39 is 5.97 Å². The molecule has 1 fully saturated rings. The summed E-state index contributed by atoms with van der Waals surface area (Å²) in [6.07, 6.45) is 3.64. The van der Waals surface area contributed by atoms with Crippen molar-refractivity contribution in [1.82, 2.24) is 9.80 Å². The first-order chi connectivity index (χ1) is 7.49. The Morgan fingerprint density at radius 1 is 1.50 bits per heavy atom. The van der Waals surface area contributed by atoms with E-state index in [9.17, 15) is 4.79 Å². The molecule has 4 nitrogen and oxygen atoms in total. The second-order valence-corrected chi connectivity index (χ2v) is 4.78. The predicted octanol–water partition coefficient (Wildman–Crippen LogP) is 1.04. The number of likely N-dealkylation sites (tertiary alicyclic amines) is 1. The second kappa shape index (κ2) is 6.01. The number of piperidine rings is 1. The van der Waals surface area contributed by atoms with Gasteiger partial charge in [0.2, 0.25) is 0 Å². The fourth-order valence-corrected chi connectivity index (χ4v) is 2.21. The van der Waals surface area contributed by atoms with Crippen molar-refractivity contribution < 1.29 is 9.90 Å². The molecule has 1 saturated heterocycles. The predicted molar refractivity (Wildman–Crippen MR) is 64.5 cm³/mol. The molecule has 0 amide bonds. The third-order valence-electron chi connectivity index (χ3n) is 3.18. The molecule has 0 atom stereocenters. The van der Waals surface area contributed by atoms with Gasteiger partial charge in [0.15, 0.2) is 0 Å². The zero-order valence-electron chi connectivity index (χ0n) is 10.4. The summed E-state index contributed by atoms with van der Waals surface area (Å²) in [5.74, 6) is -0.853. The normalized spacial score (nSPS) is 20.4. The zero-order chi connectivity index (χ0) is 12.1. The number of hydrogen-bond acceptors (Lipinski definition) is 3. The summed E-state index contributed by atoms with van der Waals surface area (Å²) in [5.41, 5.74) is 0.911. The van der Waals surface area contributed by atoms with Crippen LogP contribution in [0.4, 0.5) is 0 Å². The molecule has 16 heavy (non-hydrogen) atoms. The van der Waals surface area contributed by atoms with E-state index in [2.05, 4.69) is 23.9 Å². The quantitative estimate of drug-likeness (QED) is 0.728. The van der Waals surface area contributed by atoms with Gasteiger partial charge in [-0.2, -0.15) is 0 Å². The van der Waals surface area contributed by atoms with Crippen LogP contribution in [0.5, 0.6) is 0 Å². The van der Waals surface area contributed by atoms with E-state index in [0.29, 0.717) is 6.04 Å². The highest BCUT2D eigenvalue weighted by molar-refractivity contribution is 5.80. The maximum absolute atomic E-state index is 10.5. The van der Waals surface area contributed by atoms with Gasteiger partial charge in [0, 0.05) is 18.7 Å². The van der Waals surface area contributed by atoms with E-state index >= 15 is 0 Å². The van der Waals surface area contributed by atoms with Crippen LogP contribution in [0.2, 0.25) is 0 Å². The highest BCUT2D eigenvalue weighted by atomic mass is 16.4. The van der Waals surface area contributed by atoms with Crippen LogP contribution in [0.15, 0.2) is 11.6 Å². The Morgan fingerprint density at radius 3 is 2.56 bits per heavy atom. The van der Waals surface area contributed by atoms with Crippen molar-refractivity contribution in [3.05, 3.63) is 11.6 Å². The van der Waals surface area contributed by atoms with Crippen LogP contribution in [0, 0.1) is 0 Å². The second-order valence-electron chi connectivity index (χ2n) is 4.78. The molecule has 0 aromatic heterocycles. The molecule has 1 heterocycles. The summed E-state index contributed by atoms with van der Waals surface area (Å²) in [6.45, 7) is 4.90. The average Bonchev–Trinajstić information content (AvgIpc) is 2.16. The third-order valence-corrected chi connectivity index (χ3v) is 3.18. The number of likely N-dealkylation sites (N-methyl/N-ethyl adjacent to an activating group) is 1. The molecule has 0 aromatic carbocycles. The Bertz CT molecular complexity index is 268. The van der Waals surface area contributed by atoms with Crippen molar-refractivity contribution in [2.75, 3.05) is 33.7 Å².